The Kier molecular flexibility index (Phi) is 7.51. The van der Waals surface area contributed by atoms with Crippen molar-refractivity contribution in [1.29, 1.82) is 0 Å². The first-order chi connectivity index (χ1) is 17.0. The maximum atomic E-state index is 14.3. The third kappa shape index (κ3) is 5.31. The van der Waals surface area contributed by atoms with E-state index in [1.165, 1.54) is 12.4 Å². The van der Waals surface area contributed by atoms with Crippen molar-refractivity contribution >= 4 is 11.7 Å². The molecule has 0 saturated carbocycles. The molecule has 2 N–H and O–H groups in total. The quantitative estimate of drug-likeness (QED) is 0.580. The molecule has 0 unspecified atom stereocenters. The lowest BCUT2D eigenvalue weighted by Gasteiger charge is -2.38. The number of carbonyl (C=O) groups is 1. The minimum Gasteiger partial charge on any atom is -0.387 e. The molecule has 0 spiro atoms. The molecule has 1 aliphatic heterocycles. The van der Waals surface area contributed by atoms with E-state index in [0.29, 0.717) is 44.4 Å². The highest BCUT2D eigenvalue weighted by Gasteiger charge is 2.37. The van der Waals surface area contributed by atoms with E-state index in [2.05, 4.69) is 20.2 Å². The summed E-state index contributed by atoms with van der Waals surface area (Å²) in [5.41, 5.74) is 0.441. The average Bonchev–Trinajstić information content (AvgIpc) is 3.12. The summed E-state index contributed by atoms with van der Waals surface area (Å²) in [4.78, 5) is 25.9. The third-order valence-corrected chi connectivity index (χ3v) is 6.90. The van der Waals surface area contributed by atoms with E-state index < -0.39 is 29.6 Å². The van der Waals surface area contributed by atoms with Gasteiger partial charge < -0.3 is 20.2 Å². The Hall–Kier alpha value is -2.79. The van der Waals surface area contributed by atoms with Crippen molar-refractivity contribution in [2.45, 2.75) is 57.3 Å². The molecular weight excluding hydrogens is 478 g/mol. The van der Waals surface area contributed by atoms with Gasteiger partial charge in [-0.25, -0.2) is 14.4 Å². The molecule has 2 aromatic rings. The van der Waals surface area contributed by atoms with Gasteiger partial charge in [0.25, 0.3) is 0 Å². The smallest absolute Gasteiger partial charge is 0.387 e. The number of piperazine rings is 1. The highest BCUT2D eigenvalue weighted by Crippen LogP contribution is 2.43. The SMILES string of the molecule is CC(C)NC[C@@H](C(=O)N1CCN(c2ncnc3c2[C@H](C)C[C@@H]3O)CC1)c1ccc(C(F)(F)F)c(F)c1. The van der Waals surface area contributed by atoms with Crippen molar-refractivity contribution in [1.82, 2.24) is 20.2 Å². The molecule has 1 aliphatic carbocycles. The molecule has 1 saturated heterocycles. The van der Waals surface area contributed by atoms with Crippen LogP contribution < -0.4 is 10.2 Å². The van der Waals surface area contributed by atoms with Gasteiger partial charge in [0.2, 0.25) is 5.91 Å². The van der Waals surface area contributed by atoms with E-state index in [1.807, 2.05) is 20.8 Å². The summed E-state index contributed by atoms with van der Waals surface area (Å²) in [6.07, 6.45) is -3.38. The van der Waals surface area contributed by atoms with Gasteiger partial charge in [0.1, 0.15) is 18.0 Å². The number of hydrogen-bond acceptors (Lipinski definition) is 6. The van der Waals surface area contributed by atoms with Crippen molar-refractivity contribution in [3.63, 3.8) is 0 Å². The van der Waals surface area contributed by atoms with E-state index in [4.69, 9.17) is 0 Å². The lowest BCUT2D eigenvalue weighted by Crippen LogP contribution is -2.51. The number of nitrogens with zero attached hydrogens (tertiary/aromatic N) is 4. The van der Waals surface area contributed by atoms with Crippen molar-refractivity contribution in [2.75, 3.05) is 37.6 Å². The van der Waals surface area contributed by atoms with Crippen molar-refractivity contribution < 1.29 is 27.5 Å². The number of nitrogens with one attached hydrogen (secondary N) is 1. The number of alkyl halides is 3. The molecule has 1 amide bonds. The lowest BCUT2D eigenvalue weighted by atomic mass is 9.95. The second kappa shape index (κ2) is 10.3. The van der Waals surface area contributed by atoms with Gasteiger partial charge in [-0.2, -0.15) is 13.2 Å². The first-order valence-electron chi connectivity index (χ1n) is 12.1. The van der Waals surface area contributed by atoms with Crippen LogP contribution in [0, 0.1) is 5.82 Å². The van der Waals surface area contributed by atoms with E-state index in [1.54, 1.807) is 4.90 Å². The number of halogens is 4. The molecule has 1 aromatic carbocycles. The molecular formula is C25H31F4N5O2. The Morgan fingerprint density at radius 1 is 1.19 bits per heavy atom. The summed E-state index contributed by atoms with van der Waals surface area (Å²) in [6, 6.07) is 2.74. The molecule has 0 bridgehead atoms. The fourth-order valence-corrected chi connectivity index (χ4v) is 4.99. The van der Waals surface area contributed by atoms with E-state index in [0.717, 1.165) is 17.4 Å². The van der Waals surface area contributed by atoms with Gasteiger partial charge in [0.05, 0.1) is 23.3 Å². The summed E-state index contributed by atoms with van der Waals surface area (Å²) in [5.74, 6) is -1.60. The maximum Gasteiger partial charge on any atom is 0.419 e. The Morgan fingerprint density at radius 3 is 2.50 bits per heavy atom. The summed E-state index contributed by atoms with van der Waals surface area (Å²) >= 11 is 0. The van der Waals surface area contributed by atoms with Crippen LogP contribution in [0.3, 0.4) is 0 Å². The third-order valence-electron chi connectivity index (χ3n) is 6.90. The molecule has 1 fully saturated rings. The summed E-state index contributed by atoms with van der Waals surface area (Å²) in [7, 11) is 0. The van der Waals surface area contributed by atoms with Crippen molar-refractivity contribution in [3.05, 3.63) is 52.7 Å². The second-order valence-electron chi connectivity index (χ2n) is 9.81. The first-order valence-corrected chi connectivity index (χ1v) is 12.1. The molecule has 1 aromatic heterocycles. The Balaban J connectivity index is 1.51. The predicted octanol–water partition coefficient (Wildman–Crippen LogP) is 3.61. The summed E-state index contributed by atoms with van der Waals surface area (Å²) in [6.45, 7) is 7.77. The average molecular weight is 510 g/mol. The molecule has 196 valence electrons. The van der Waals surface area contributed by atoms with Crippen LogP contribution in [0.2, 0.25) is 0 Å². The van der Waals surface area contributed by atoms with Gasteiger partial charge in [-0.3, -0.25) is 4.79 Å². The van der Waals surface area contributed by atoms with Gasteiger partial charge in [-0.05, 0) is 30.0 Å². The number of fused-ring (bicyclic) bond motifs is 1. The molecule has 11 heteroatoms. The van der Waals surface area contributed by atoms with Crippen LogP contribution in [-0.2, 0) is 11.0 Å². The van der Waals surface area contributed by atoms with Gasteiger partial charge in [0, 0.05) is 44.3 Å². The minimum absolute atomic E-state index is 0.0358. The summed E-state index contributed by atoms with van der Waals surface area (Å²) < 4.78 is 53.4. The molecule has 36 heavy (non-hydrogen) atoms. The first kappa shape index (κ1) is 26.3. The number of amides is 1. The summed E-state index contributed by atoms with van der Waals surface area (Å²) in [5, 5.41) is 13.4. The van der Waals surface area contributed by atoms with Gasteiger partial charge in [-0.15, -0.1) is 0 Å². The topological polar surface area (TPSA) is 81.6 Å². The fourth-order valence-electron chi connectivity index (χ4n) is 4.99. The molecule has 3 atom stereocenters. The van der Waals surface area contributed by atoms with Crippen LogP contribution in [0.1, 0.15) is 67.5 Å². The molecule has 2 heterocycles. The zero-order valence-electron chi connectivity index (χ0n) is 20.5. The molecule has 7 nitrogen and oxygen atoms in total. The maximum absolute atomic E-state index is 14.3. The van der Waals surface area contributed by atoms with Crippen LogP contribution >= 0.6 is 0 Å². The fraction of sp³-hybridized carbons (Fsp3) is 0.560. The Bertz CT molecular complexity index is 1100. The predicted molar refractivity (Wildman–Crippen MR) is 126 cm³/mol. The Labute approximate surface area is 207 Å². The number of aliphatic hydroxyl groups is 1. The lowest BCUT2D eigenvalue weighted by molar-refractivity contribution is -0.140. The van der Waals surface area contributed by atoms with Gasteiger partial charge in [0.15, 0.2) is 0 Å². The van der Waals surface area contributed by atoms with Crippen molar-refractivity contribution in [3.8, 4) is 0 Å². The van der Waals surface area contributed by atoms with Gasteiger partial charge >= 0.3 is 6.18 Å². The van der Waals surface area contributed by atoms with E-state index >= 15 is 0 Å². The van der Waals surface area contributed by atoms with Crippen molar-refractivity contribution in [2.24, 2.45) is 0 Å². The molecule has 0 radical (unpaired) electrons. The molecule has 2 aliphatic rings. The van der Waals surface area contributed by atoms with Crippen LogP contribution in [0.15, 0.2) is 24.5 Å². The number of aliphatic hydroxyl groups excluding tert-OH is 1. The van der Waals surface area contributed by atoms with Crippen LogP contribution in [-0.4, -0.2) is 64.6 Å². The number of carbonyl (C=O) groups excluding carboxylic acids is 1. The van der Waals surface area contributed by atoms with Crippen LogP contribution in [0.4, 0.5) is 23.4 Å². The minimum atomic E-state index is -4.80. The number of aromatic nitrogens is 2. The number of rotatable bonds is 6. The number of benzene rings is 1. The van der Waals surface area contributed by atoms with Crippen LogP contribution in [0.5, 0.6) is 0 Å². The number of hydrogen-bond donors (Lipinski definition) is 2. The van der Waals surface area contributed by atoms with Gasteiger partial charge in [-0.1, -0.05) is 26.8 Å². The highest BCUT2D eigenvalue weighted by atomic mass is 19.4. The largest absolute Gasteiger partial charge is 0.419 e. The van der Waals surface area contributed by atoms with E-state index in [-0.39, 0.29) is 30.0 Å². The molecule has 4 rings (SSSR count). The normalized spacial score (nSPS) is 21.1. The standard InChI is InChI=1S/C25H31F4N5O2/c1-14(2)30-12-17(16-4-5-18(19(26)11-16)25(27,28)29)24(36)34-8-6-33(7-9-34)23-21-15(3)10-20(35)22(21)31-13-32-23/h4-5,11,13-15,17,20,30,35H,6-10,12H2,1-3H3/t15-,17-,20+/m1/s1. The second-order valence-corrected chi connectivity index (χ2v) is 9.81. The monoisotopic (exact) mass is 509 g/mol. The highest BCUT2D eigenvalue weighted by molar-refractivity contribution is 5.84. The zero-order chi connectivity index (χ0) is 26.2. The number of anilines is 1. The Morgan fingerprint density at radius 2 is 1.89 bits per heavy atom. The van der Waals surface area contributed by atoms with Crippen LogP contribution in [0.25, 0.3) is 0 Å². The zero-order valence-corrected chi connectivity index (χ0v) is 20.5. The van der Waals surface area contributed by atoms with E-state index in [9.17, 15) is 27.5 Å².